The van der Waals surface area contributed by atoms with Crippen molar-refractivity contribution in [3.8, 4) is 35.4 Å². The summed E-state index contributed by atoms with van der Waals surface area (Å²) in [5, 5.41) is 17.9. The molecule has 2 aromatic heterocycles. The highest BCUT2D eigenvalue weighted by atomic mass is 19.1. The van der Waals surface area contributed by atoms with E-state index in [2.05, 4.69) is 47.3 Å². The molecule has 5 saturated heterocycles. The van der Waals surface area contributed by atoms with Crippen molar-refractivity contribution < 1.29 is 33.0 Å². The predicted molar refractivity (Wildman–Crippen MR) is 249 cm³/mol. The number of carbonyl (C=O) groups is 3. The molecule has 0 radical (unpaired) electrons. The maximum absolute atomic E-state index is 17.0. The predicted octanol–water partition coefficient (Wildman–Crippen LogP) is 5.91. The molecule has 6 aliphatic rings. The minimum absolute atomic E-state index is 0.0249. The van der Waals surface area contributed by atoms with Crippen molar-refractivity contribution in [2.45, 2.75) is 82.5 Å². The van der Waals surface area contributed by atoms with E-state index in [1.165, 1.54) is 30.7 Å². The van der Waals surface area contributed by atoms with Crippen molar-refractivity contribution in [1.29, 1.82) is 0 Å². The van der Waals surface area contributed by atoms with Crippen LogP contribution in [0.1, 0.15) is 79.3 Å². The number of fused-ring (bicyclic) bond motifs is 5. The van der Waals surface area contributed by atoms with Gasteiger partial charge in [0.2, 0.25) is 11.8 Å². The summed E-state index contributed by atoms with van der Waals surface area (Å²) in [6, 6.07) is 11.4. The number of halogens is 2. The molecular weight excluding hydrogens is 857 g/mol. The van der Waals surface area contributed by atoms with E-state index in [-0.39, 0.29) is 57.7 Å². The third-order valence-electron chi connectivity index (χ3n) is 15.1. The minimum Gasteiger partial charge on any atom is -0.508 e. The van der Waals surface area contributed by atoms with Crippen LogP contribution >= 0.6 is 0 Å². The molecule has 346 valence electrons. The Morgan fingerprint density at radius 3 is 2.39 bits per heavy atom. The fourth-order valence-corrected chi connectivity index (χ4v) is 11.7. The van der Waals surface area contributed by atoms with Gasteiger partial charge in [0.25, 0.3) is 5.91 Å². The molecule has 5 fully saturated rings. The highest BCUT2D eigenvalue weighted by Crippen LogP contribution is 2.41. The first kappa shape index (κ1) is 43.1. The monoisotopic (exact) mass is 909 g/mol. The summed E-state index contributed by atoms with van der Waals surface area (Å²) in [7, 11) is 0. The van der Waals surface area contributed by atoms with Gasteiger partial charge in [0.15, 0.2) is 5.82 Å². The van der Waals surface area contributed by atoms with E-state index in [0.29, 0.717) is 85.3 Å². The minimum atomic E-state index is -0.741. The largest absolute Gasteiger partial charge is 0.508 e. The summed E-state index contributed by atoms with van der Waals surface area (Å²) in [6.45, 7) is 6.51. The molecule has 6 aliphatic heterocycles. The fraction of sp³-hybridized carbons (Fsp3) is 0.451. The van der Waals surface area contributed by atoms with Crippen molar-refractivity contribution >= 4 is 50.9 Å². The van der Waals surface area contributed by atoms with Crippen molar-refractivity contribution in [2.75, 3.05) is 62.2 Å². The molecule has 3 amide bonds. The number of rotatable bonds is 10. The number of ether oxygens (including phenoxy) is 1. The Balaban J connectivity index is 0.729. The highest BCUT2D eigenvalue weighted by Gasteiger charge is 2.41. The van der Waals surface area contributed by atoms with Gasteiger partial charge in [-0.05, 0) is 112 Å². The number of piperidine rings is 3. The number of phenolic OH excluding ortho intramolecular Hbond substituents is 1. The van der Waals surface area contributed by atoms with E-state index in [4.69, 9.17) is 16.1 Å². The average Bonchev–Trinajstić information content (AvgIpc) is 3.85. The van der Waals surface area contributed by atoms with Crippen LogP contribution in [0.2, 0.25) is 0 Å². The van der Waals surface area contributed by atoms with Gasteiger partial charge in [-0.1, -0.05) is 18.1 Å². The molecule has 3 aromatic carbocycles. The number of anilines is 2. The van der Waals surface area contributed by atoms with Crippen LogP contribution in [-0.4, -0.2) is 118 Å². The van der Waals surface area contributed by atoms with Crippen molar-refractivity contribution in [3.63, 3.8) is 0 Å². The number of phenols is 1. The fourth-order valence-electron chi connectivity index (χ4n) is 11.7. The molecule has 0 spiro atoms. The van der Waals surface area contributed by atoms with Crippen LogP contribution in [0.3, 0.4) is 0 Å². The molecule has 11 rings (SSSR count). The van der Waals surface area contributed by atoms with Crippen molar-refractivity contribution in [2.24, 2.45) is 11.8 Å². The van der Waals surface area contributed by atoms with Crippen LogP contribution in [0.15, 0.2) is 48.7 Å². The molecule has 8 heterocycles. The summed E-state index contributed by atoms with van der Waals surface area (Å²) in [5.74, 6) is 1.89. The van der Waals surface area contributed by atoms with E-state index in [0.717, 1.165) is 76.0 Å². The topological polar surface area (TPSA) is 156 Å². The van der Waals surface area contributed by atoms with Gasteiger partial charge in [-0.25, -0.2) is 8.78 Å². The van der Waals surface area contributed by atoms with Gasteiger partial charge in [0.05, 0.1) is 10.9 Å². The molecular formula is C51H53F2N9O5. The lowest BCUT2D eigenvalue weighted by molar-refractivity contribution is -0.136. The molecule has 3 N–H and O–H groups in total. The summed E-state index contributed by atoms with van der Waals surface area (Å²) in [5.41, 5.74) is 2.72. The van der Waals surface area contributed by atoms with Crippen LogP contribution < -0.4 is 25.2 Å². The Labute approximate surface area is 387 Å². The molecule has 2 bridgehead atoms. The Bertz CT molecular complexity index is 2840. The van der Waals surface area contributed by atoms with E-state index < -0.39 is 23.6 Å². The van der Waals surface area contributed by atoms with Gasteiger partial charge in [0.1, 0.15) is 41.2 Å². The quantitative estimate of drug-likeness (QED) is 0.113. The third kappa shape index (κ3) is 8.15. The lowest BCUT2D eigenvalue weighted by Crippen LogP contribution is -2.52. The van der Waals surface area contributed by atoms with E-state index in [1.54, 1.807) is 11.1 Å². The Morgan fingerprint density at radius 1 is 0.881 bits per heavy atom. The zero-order chi connectivity index (χ0) is 45.9. The number of piperazine rings is 1. The smallest absolute Gasteiger partial charge is 0.319 e. The van der Waals surface area contributed by atoms with Crippen molar-refractivity contribution in [3.05, 3.63) is 77.0 Å². The van der Waals surface area contributed by atoms with Crippen LogP contribution in [-0.2, 0) is 16.1 Å². The normalized spacial score (nSPS) is 22.7. The summed E-state index contributed by atoms with van der Waals surface area (Å²) in [6.07, 6.45) is 15.5. The Kier molecular flexibility index (Phi) is 11.4. The number of aromatic nitrogens is 3. The van der Waals surface area contributed by atoms with E-state index in [9.17, 15) is 23.9 Å². The first-order valence-corrected chi connectivity index (χ1v) is 23.7. The maximum atomic E-state index is 17.0. The maximum Gasteiger partial charge on any atom is 0.319 e. The Morgan fingerprint density at radius 2 is 1.64 bits per heavy atom. The third-order valence-corrected chi connectivity index (χ3v) is 15.1. The SMILES string of the molecule is C#Cc1c(F)ccc2cc(O)cc(-c3ncc4c(N5CC6CCC(C5)N6)nc(OCCN5CCC(CC6CCN(c7cccc8c7CN(C7CCC(=O)NC7=O)C8=O)CC6)CC5)nc4c3F)c12. The van der Waals surface area contributed by atoms with Crippen LogP contribution in [0.25, 0.3) is 32.9 Å². The standard InChI is InChI=1S/C51H53F2N9O5/c1-2-35-40(52)9-6-31-23-34(63)24-37(44(31)35)46-45(53)47-38(25-54-46)48(61-26-32-7-8-33(27-61)55-32)58-51(57-47)67-21-20-59-16-12-29(13-17-59)22-30-14-18-60(19-15-30)41-5-3-4-36-39(41)28-62(50(36)66)42-10-11-43(64)56-49(42)65/h1,3-6,9,23-25,29-30,32-33,42,55,63H,7-8,10-22,26-28H2,(H,56,64,65). The van der Waals surface area contributed by atoms with Gasteiger partial charge in [-0.15, -0.1) is 6.42 Å². The molecule has 0 saturated carbocycles. The van der Waals surface area contributed by atoms with Gasteiger partial charge >= 0.3 is 6.01 Å². The summed E-state index contributed by atoms with van der Waals surface area (Å²) >= 11 is 0. The van der Waals surface area contributed by atoms with Gasteiger partial charge in [0, 0.05) is 91.7 Å². The van der Waals surface area contributed by atoms with Crippen LogP contribution in [0.5, 0.6) is 11.8 Å². The molecule has 67 heavy (non-hydrogen) atoms. The Hall–Kier alpha value is -6.44. The summed E-state index contributed by atoms with van der Waals surface area (Å²) < 4.78 is 38.3. The van der Waals surface area contributed by atoms with Gasteiger partial charge < -0.3 is 29.9 Å². The first-order valence-electron chi connectivity index (χ1n) is 23.7. The lowest BCUT2D eigenvalue weighted by Gasteiger charge is -2.38. The highest BCUT2D eigenvalue weighted by molar-refractivity contribution is 6.06. The lowest BCUT2D eigenvalue weighted by atomic mass is 9.82. The number of imide groups is 1. The molecule has 16 heteroatoms. The second-order valence-corrected chi connectivity index (χ2v) is 19.2. The number of benzene rings is 3. The van der Waals surface area contributed by atoms with Gasteiger partial charge in [-0.2, -0.15) is 9.97 Å². The van der Waals surface area contributed by atoms with Crippen LogP contribution in [0.4, 0.5) is 20.3 Å². The second kappa shape index (κ2) is 17.7. The molecule has 14 nitrogen and oxygen atoms in total. The molecule has 5 aromatic rings. The molecule has 3 unspecified atom stereocenters. The van der Waals surface area contributed by atoms with Gasteiger partial charge in [-0.3, -0.25) is 29.6 Å². The number of nitrogens with zero attached hydrogens (tertiary/aromatic N) is 7. The average molecular weight is 910 g/mol. The van der Waals surface area contributed by atoms with Crippen molar-refractivity contribution in [1.82, 2.24) is 35.4 Å². The second-order valence-electron chi connectivity index (χ2n) is 19.2. The molecule has 3 atom stereocenters. The number of terminal acetylenes is 1. The zero-order valence-corrected chi connectivity index (χ0v) is 37.3. The number of likely N-dealkylation sites (tertiary alicyclic amines) is 1. The number of hydrogen-bond donors (Lipinski definition) is 3. The van der Waals surface area contributed by atoms with E-state index >= 15 is 4.39 Å². The summed E-state index contributed by atoms with van der Waals surface area (Å²) in [4.78, 5) is 60.5. The number of pyridine rings is 1. The number of aromatic hydroxyl groups is 1. The number of amides is 3. The zero-order valence-electron chi connectivity index (χ0n) is 37.3. The number of hydrogen-bond acceptors (Lipinski definition) is 12. The van der Waals surface area contributed by atoms with Crippen LogP contribution in [0, 0.1) is 35.8 Å². The first-order chi connectivity index (χ1) is 32.6. The number of carbonyl (C=O) groups excluding carboxylic acids is 3. The van der Waals surface area contributed by atoms with E-state index in [1.807, 2.05) is 12.1 Å². The number of nitrogens with one attached hydrogen (secondary N) is 2. The molecule has 0 aliphatic carbocycles.